The van der Waals surface area contributed by atoms with Gasteiger partial charge in [0.2, 0.25) is 11.8 Å². The van der Waals surface area contributed by atoms with Gasteiger partial charge in [0.1, 0.15) is 17.8 Å². The molecule has 4 atom stereocenters. The number of halogens is 1. The molecule has 27 heavy (non-hydrogen) atoms. The summed E-state index contributed by atoms with van der Waals surface area (Å²) >= 11 is 0. The number of amides is 2. The zero-order valence-electron chi connectivity index (χ0n) is 15.0. The molecule has 6 nitrogen and oxygen atoms in total. The second-order valence-corrected chi connectivity index (χ2v) is 7.75. The second-order valence-electron chi connectivity index (χ2n) is 7.75. The Balaban J connectivity index is 1.55. The number of anilines is 1. The van der Waals surface area contributed by atoms with Gasteiger partial charge in [0.15, 0.2) is 0 Å². The highest BCUT2D eigenvalue weighted by molar-refractivity contribution is 6.10. The number of fused-ring (bicyclic) bond motifs is 1. The monoisotopic (exact) mass is 374 g/mol. The van der Waals surface area contributed by atoms with Crippen molar-refractivity contribution >= 4 is 23.5 Å². The molecule has 1 saturated carbocycles. The molecule has 1 aliphatic carbocycles. The summed E-state index contributed by atoms with van der Waals surface area (Å²) in [5.41, 5.74) is 0.559. The molecule has 0 aromatic heterocycles. The Morgan fingerprint density at radius 2 is 1.78 bits per heavy atom. The van der Waals surface area contributed by atoms with Gasteiger partial charge in [-0.2, -0.15) is 0 Å². The van der Waals surface area contributed by atoms with E-state index in [4.69, 9.17) is 0 Å². The first-order chi connectivity index (χ1) is 13.0. The maximum absolute atomic E-state index is 13.2. The highest BCUT2D eigenvalue weighted by atomic mass is 19.1. The number of rotatable bonds is 3. The van der Waals surface area contributed by atoms with Crippen LogP contribution in [0, 0.1) is 17.7 Å². The van der Waals surface area contributed by atoms with Gasteiger partial charge in [-0.15, -0.1) is 0 Å². The fraction of sp³-hybridized carbons (Fsp3) is 0.550. The third-order valence-electron chi connectivity index (χ3n) is 6.27. The Bertz CT molecular complexity index is 766. The highest BCUT2D eigenvalue weighted by Crippen LogP contribution is 2.41. The van der Waals surface area contributed by atoms with Gasteiger partial charge < -0.3 is 14.9 Å². The van der Waals surface area contributed by atoms with Crippen molar-refractivity contribution in [3.8, 4) is 0 Å². The summed E-state index contributed by atoms with van der Waals surface area (Å²) in [4.78, 5) is 40.8. The van der Waals surface area contributed by atoms with Gasteiger partial charge >= 0.3 is 5.97 Å². The summed E-state index contributed by atoms with van der Waals surface area (Å²) in [5, 5.41) is 9.62. The summed E-state index contributed by atoms with van der Waals surface area (Å²) in [6.45, 7) is 0.376. The molecule has 144 valence electrons. The number of likely N-dealkylation sites (tertiary alicyclic amines) is 1. The maximum atomic E-state index is 13.2. The molecule has 2 aliphatic heterocycles. The summed E-state index contributed by atoms with van der Waals surface area (Å²) in [6, 6.07) is 4.70. The number of carboxylic acid groups (broad SMARTS) is 1. The summed E-state index contributed by atoms with van der Waals surface area (Å²) in [5.74, 6) is -2.69. The van der Waals surface area contributed by atoms with Crippen molar-refractivity contribution in [1.29, 1.82) is 0 Å². The van der Waals surface area contributed by atoms with Crippen molar-refractivity contribution in [3.63, 3.8) is 0 Å². The Morgan fingerprint density at radius 1 is 1.07 bits per heavy atom. The molecule has 1 N–H and O–H groups in total. The smallest absolute Gasteiger partial charge is 0.326 e. The average Bonchev–Trinajstić information content (AvgIpc) is 3.23. The Labute approximate surface area is 156 Å². The van der Waals surface area contributed by atoms with E-state index in [1.165, 1.54) is 34.1 Å². The number of hydrogen-bond acceptors (Lipinski definition) is 3. The van der Waals surface area contributed by atoms with Crippen molar-refractivity contribution in [2.45, 2.75) is 50.6 Å². The van der Waals surface area contributed by atoms with Gasteiger partial charge in [-0.3, -0.25) is 9.59 Å². The Hall–Kier alpha value is -2.44. The molecule has 3 aliphatic rings. The van der Waals surface area contributed by atoms with E-state index in [-0.39, 0.29) is 29.6 Å². The first-order valence-electron chi connectivity index (χ1n) is 9.59. The quantitative estimate of drug-likeness (QED) is 0.825. The molecule has 7 heteroatoms. The van der Waals surface area contributed by atoms with E-state index in [9.17, 15) is 23.9 Å². The van der Waals surface area contributed by atoms with Crippen LogP contribution in [0.1, 0.15) is 38.5 Å². The molecule has 1 aromatic carbocycles. The third kappa shape index (κ3) is 3.09. The predicted octanol–water partition coefficient (Wildman–Crippen LogP) is 2.42. The first kappa shape index (κ1) is 17.9. The molecule has 0 radical (unpaired) electrons. The lowest BCUT2D eigenvalue weighted by Gasteiger charge is -2.34. The Morgan fingerprint density at radius 3 is 2.48 bits per heavy atom. The van der Waals surface area contributed by atoms with Crippen LogP contribution in [0.5, 0.6) is 0 Å². The second kappa shape index (κ2) is 6.94. The Kier molecular flexibility index (Phi) is 4.61. The fourth-order valence-electron chi connectivity index (χ4n) is 4.96. The average molecular weight is 374 g/mol. The van der Waals surface area contributed by atoms with Crippen LogP contribution >= 0.6 is 0 Å². The van der Waals surface area contributed by atoms with E-state index >= 15 is 0 Å². The number of aliphatic carboxylic acids is 1. The van der Waals surface area contributed by atoms with Crippen LogP contribution in [0.25, 0.3) is 0 Å². The van der Waals surface area contributed by atoms with E-state index in [1.807, 2.05) is 0 Å². The van der Waals surface area contributed by atoms with E-state index in [2.05, 4.69) is 0 Å². The topological polar surface area (TPSA) is 77.9 Å². The summed E-state index contributed by atoms with van der Waals surface area (Å²) < 4.78 is 13.1. The summed E-state index contributed by atoms with van der Waals surface area (Å²) in [6.07, 6.45) is 4.64. The molecular formula is C20H23FN2O4. The van der Waals surface area contributed by atoms with Crippen LogP contribution in [0.2, 0.25) is 0 Å². The summed E-state index contributed by atoms with van der Waals surface area (Å²) in [7, 11) is 0. The number of hydrogen-bond donors (Lipinski definition) is 1. The lowest BCUT2D eigenvalue weighted by atomic mass is 9.84. The van der Waals surface area contributed by atoms with Crippen LogP contribution in [-0.4, -0.2) is 46.4 Å². The van der Waals surface area contributed by atoms with Gasteiger partial charge in [0.05, 0.1) is 0 Å². The number of carbonyl (C=O) groups is 3. The number of carbonyl (C=O) groups excluding carboxylic acids is 2. The molecule has 0 bridgehead atoms. The number of benzene rings is 1. The van der Waals surface area contributed by atoms with Gasteiger partial charge in [-0.25, -0.2) is 9.18 Å². The molecular weight excluding hydrogens is 351 g/mol. The number of nitrogens with zero attached hydrogens (tertiary/aromatic N) is 2. The van der Waals surface area contributed by atoms with Crippen LogP contribution in [0.4, 0.5) is 10.1 Å². The molecule has 2 heterocycles. The van der Waals surface area contributed by atoms with E-state index in [0.29, 0.717) is 25.1 Å². The van der Waals surface area contributed by atoms with E-state index in [1.54, 1.807) is 0 Å². The van der Waals surface area contributed by atoms with Crippen molar-refractivity contribution in [2.75, 3.05) is 11.4 Å². The minimum absolute atomic E-state index is 0.0694. The maximum Gasteiger partial charge on any atom is 0.326 e. The van der Waals surface area contributed by atoms with Gasteiger partial charge in [0, 0.05) is 18.3 Å². The standard InChI is InChI=1S/C20H23FN2O4/c21-13-5-7-14(8-6-13)22-10-9-15(18(22)24)19(25)23-16-4-2-1-3-12(16)11-17(23)20(26)27/h5-8,12,15-17H,1-4,9-11H2,(H,26,27). The van der Waals surface area contributed by atoms with Gasteiger partial charge in [-0.05, 0) is 55.9 Å². The highest BCUT2D eigenvalue weighted by Gasteiger charge is 2.51. The largest absolute Gasteiger partial charge is 0.480 e. The lowest BCUT2D eigenvalue weighted by Crippen LogP contribution is -2.50. The molecule has 4 unspecified atom stereocenters. The molecule has 4 rings (SSSR count). The fourth-order valence-corrected chi connectivity index (χ4v) is 4.96. The molecule has 1 aromatic rings. The van der Waals surface area contributed by atoms with E-state index in [0.717, 1.165) is 25.7 Å². The predicted molar refractivity (Wildman–Crippen MR) is 95.5 cm³/mol. The van der Waals surface area contributed by atoms with Crippen molar-refractivity contribution in [1.82, 2.24) is 4.90 Å². The SMILES string of the molecule is O=C(O)C1CC2CCCCC2N1C(=O)C1CCN(c2ccc(F)cc2)C1=O. The molecule has 3 fully saturated rings. The molecule has 2 amide bonds. The van der Waals surface area contributed by atoms with Crippen LogP contribution in [0.15, 0.2) is 24.3 Å². The zero-order chi connectivity index (χ0) is 19.1. The van der Waals surface area contributed by atoms with Crippen LogP contribution in [0.3, 0.4) is 0 Å². The van der Waals surface area contributed by atoms with Crippen LogP contribution < -0.4 is 4.90 Å². The third-order valence-corrected chi connectivity index (χ3v) is 6.27. The lowest BCUT2D eigenvalue weighted by molar-refractivity contribution is -0.153. The normalized spacial score (nSPS) is 30.5. The van der Waals surface area contributed by atoms with E-state index < -0.39 is 17.9 Å². The zero-order valence-corrected chi connectivity index (χ0v) is 15.0. The molecule has 0 spiro atoms. The van der Waals surface area contributed by atoms with Gasteiger partial charge in [0.25, 0.3) is 0 Å². The minimum Gasteiger partial charge on any atom is -0.480 e. The van der Waals surface area contributed by atoms with Crippen molar-refractivity contribution in [3.05, 3.63) is 30.1 Å². The van der Waals surface area contributed by atoms with Crippen molar-refractivity contribution in [2.24, 2.45) is 11.8 Å². The minimum atomic E-state index is -0.987. The number of carboxylic acids is 1. The first-order valence-corrected chi connectivity index (χ1v) is 9.59. The van der Waals surface area contributed by atoms with Crippen LogP contribution in [-0.2, 0) is 14.4 Å². The van der Waals surface area contributed by atoms with Gasteiger partial charge in [-0.1, -0.05) is 12.8 Å². The van der Waals surface area contributed by atoms with Crippen molar-refractivity contribution < 1.29 is 23.9 Å². The molecule has 2 saturated heterocycles.